The van der Waals surface area contributed by atoms with E-state index in [1.807, 2.05) is 13.8 Å². The Kier molecular flexibility index (Phi) is 3.83. The van der Waals surface area contributed by atoms with Gasteiger partial charge in [-0.15, -0.1) is 10.2 Å². The molecule has 9 heteroatoms. The molecule has 0 saturated carbocycles. The summed E-state index contributed by atoms with van der Waals surface area (Å²) in [6, 6.07) is 6.83. The summed E-state index contributed by atoms with van der Waals surface area (Å²) in [4.78, 5) is 28.4. The van der Waals surface area contributed by atoms with Crippen molar-refractivity contribution < 1.29 is 4.79 Å². The summed E-state index contributed by atoms with van der Waals surface area (Å²) in [5, 5.41) is 17.3. The van der Waals surface area contributed by atoms with E-state index in [9.17, 15) is 9.59 Å². The van der Waals surface area contributed by atoms with Gasteiger partial charge < -0.3 is 0 Å². The van der Waals surface area contributed by atoms with E-state index in [0.717, 1.165) is 4.68 Å². The first kappa shape index (κ1) is 14.8. The van der Waals surface area contributed by atoms with Crippen molar-refractivity contribution in [2.24, 2.45) is 0 Å². The molecule has 118 valence electrons. The van der Waals surface area contributed by atoms with Gasteiger partial charge in [0.25, 0.3) is 5.56 Å². The molecule has 2 N–H and O–H groups in total. The lowest BCUT2D eigenvalue weighted by atomic mass is 10.2. The van der Waals surface area contributed by atoms with Gasteiger partial charge in [0, 0.05) is 5.92 Å². The number of nitrogens with zero attached hydrogens (tertiary/aromatic N) is 5. The molecule has 2 aromatic heterocycles. The molecule has 3 rings (SSSR count). The quantitative estimate of drug-likeness (QED) is 0.731. The number of anilines is 1. The monoisotopic (exact) mass is 313 g/mol. The van der Waals surface area contributed by atoms with Gasteiger partial charge in [-0.1, -0.05) is 31.2 Å². The van der Waals surface area contributed by atoms with Crippen molar-refractivity contribution in [2.45, 2.75) is 26.3 Å². The zero-order chi connectivity index (χ0) is 16.4. The van der Waals surface area contributed by atoms with Crippen LogP contribution in [0.1, 0.15) is 25.6 Å². The second-order valence-electron chi connectivity index (χ2n) is 5.32. The van der Waals surface area contributed by atoms with Crippen LogP contribution in [-0.4, -0.2) is 36.1 Å². The van der Waals surface area contributed by atoms with Crippen molar-refractivity contribution in [2.75, 3.05) is 5.32 Å². The summed E-state index contributed by atoms with van der Waals surface area (Å²) in [6.07, 6.45) is 0. The zero-order valence-electron chi connectivity index (χ0n) is 12.6. The topological polar surface area (TPSA) is 118 Å². The van der Waals surface area contributed by atoms with E-state index in [0.29, 0.717) is 16.7 Å². The molecule has 1 amide bonds. The van der Waals surface area contributed by atoms with Crippen LogP contribution in [0.4, 0.5) is 5.95 Å². The highest BCUT2D eigenvalue weighted by atomic mass is 16.2. The normalized spacial score (nSPS) is 11.1. The van der Waals surface area contributed by atoms with Crippen LogP contribution in [0.25, 0.3) is 10.9 Å². The van der Waals surface area contributed by atoms with Crippen molar-refractivity contribution in [3.8, 4) is 0 Å². The largest absolute Gasteiger partial charge is 0.292 e. The van der Waals surface area contributed by atoms with Crippen molar-refractivity contribution in [3.05, 3.63) is 40.4 Å². The summed E-state index contributed by atoms with van der Waals surface area (Å²) < 4.78 is 1.01. The summed E-state index contributed by atoms with van der Waals surface area (Å²) in [6.45, 7) is 3.65. The third-order valence-corrected chi connectivity index (χ3v) is 3.22. The second kappa shape index (κ2) is 5.95. The molecular weight excluding hydrogens is 298 g/mol. The molecule has 9 nitrogen and oxygen atoms in total. The third-order valence-electron chi connectivity index (χ3n) is 3.22. The lowest BCUT2D eigenvalue weighted by molar-refractivity contribution is -0.117. The highest BCUT2D eigenvalue weighted by molar-refractivity contribution is 5.88. The number of carbonyl (C=O) groups is 1. The fourth-order valence-electron chi connectivity index (χ4n) is 2.02. The Morgan fingerprint density at radius 3 is 2.87 bits per heavy atom. The van der Waals surface area contributed by atoms with Crippen LogP contribution in [0.15, 0.2) is 29.1 Å². The minimum atomic E-state index is -0.453. The van der Waals surface area contributed by atoms with Crippen LogP contribution in [0.3, 0.4) is 0 Å². The van der Waals surface area contributed by atoms with Crippen LogP contribution in [0.2, 0.25) is 0 Å². The molecular formula is C14H15N7O2. The van der Waals surface area contributed by atoms with Gasteiger partial charge in [0.2, 0.25) is 11.9 Å². The summed E-state index contributed by atoms with van der Waals surface area (Å²) in [7, 11) is 0. The lowest BCUT2D eigenvalue weighted by Crippen LogP contribution is -2.30. The number of aromatic amines is 1. The van der Waals surface area contributed by atoms with Crippen LogP contribution in [0.5, 0.6) is 0 Å². The molecule has 1 aromatic carbocycles. The number of amides is 1. The summed E-state index contributed by atoms with van der Waals surface area (Å²) in [5.41, 5.74) is 0.119. The first-order valence-electron chi connectivity index (χ1n) is 7.09. The van der Waals surface area contributed by atoms with Crippen molar-refractivity contribution in [1.29, 1.82) is 0 Å². The number of H-pyrrole nitrogens is 1. The highest BCUT2D eigenvalue weighted by Gasteiger charge is 2.12. The maximum Gasteiger partial charge on any atom is 0.278 e. The maximum atomic E-state index is 12.3. The average molecular weight is 313 g/mol. The first-order valence-corrected chi connectivity index (χ1v) is 7.09. The molecule has 3 aromatic rings. The van der Waals surface area contributed by atoms with Gasteiger partial charge in [-0.05, 0) is 12.1 Å². The van der Waals surface area contributed by atoms with E-state index in [1.165, 1.54) is 0 Å². The number of rotatable bonds is 4. The van der Waals surface area contributed by atoms with E-state index in [4.69, 9.17) is 0 Å². The number of hydrogen-bond donors (Lipinski definition) is 2. The van der Waals surface area contributed by atoms with Crippen molar-refractivity contribution >= 4 is 22.8 Å². The van der Waals surface area contributed by atoms with Crippen molar-refractivity contribution in [1.82, 2.24) is 30.2 Å². The molecule has 0 fully saturated rings. The number of benzene rings is 1. The Bertz CT molecular complexity index is 913. The van der Waals surface area contributed by atoms with Gasteiger partial charge in [-0.3, -0.25) is 20.0 Å². The SMILES string of the molecule is CC(C)c1nc(NC(=O)Cn2nnc3ccccc3c2=O)n[nH]1. The minimum Gasteiger partial charge on any atom is -0.292 e. The molecule has 2 heterocycles. The molecule has 0 atom stereocenters. The second-order valence-corrected chi connectivity index (χ2v) is 5.32. The number of hydrogen-bond acceptors (Lipinski definition) is 6. The van der Waals surface area contributed by atoms with Crippen molar-refractivity contribution in [3.63, 3.8) is 0 Å². The number of carbonyl (C=O) groups excluding carboxylic acids is 1. The van der Waals surface area contributed by atoms with Crippen LogP contribution in [-0.2, 0) is 11.3 Å². The first-order chi connectivity index (χ1) is 11.0. The van der Waals surface area contributed by atoms with E-state index in [2.05, 4.69) is 30.8 Å². The predicted octanol–water partition coefficient (Wildman–Crippen LogP) is 0.672. The summed E-state index contributed by atoms with van der Waals surface area (Å²) in [5.74, 6) is 0.552. The molecule has 0 aliphatic carbocycles. The van der Waals surface area contributed by atoms with Crippen LogP contribution >= 0.6 is 0 Å². The van der Waals surface area contributed by atoms with Gasteiger partial charge in [0.1, 0.15) is 17.9 Å². The smallest absolute Gasteiger partial charge is 0.278 e. The number of fused-ring (bicyclic) bond motifs is 1. The lowest BCUT2D eigenvalue weighted by Gasteiger charge is -2.04. The van der Waals surface area contributed by atoms with E-state index < -0.39 is 5.91 Å². The van der Waals surface area contributed by atoms with Crippen LogP contribution in [0, 0.1) is 0 Å². The molecule has 23 heavy (non-hydrogen) atoms. The van der Waals surface area contributed by atoms with E-state index in [1.54, 1.807) is 24.3 Å². The van der Waals surface area contributed by atoms with Gasteiger partial charge in [0.05, 0.1) is 5.39 Å². The molecule has 0 unspecified atom stereocenters. The number of aromatic nitrogens is 6. The van der Waals surface area contributed by atoms with E-state index >= 15 is 0 Å². The standard InChI is InChI=1S/C14H15N7O2/c1-8(2)12-16-14(19-18-12)15-11(22)7-21-13(23)9-5-3-4-6-10(9)17-20-21/h3-6,8H,7H2,1-2H3,(H2,15,16,18,19,22). The zero-order valence-corrected chi connectivity index (χ0v) is 12.6. The Hall–Kier alpha value is -3.10. The average Bonchev–Trinajstić information content (AvgIpc) is 2.99. The molecule has 0 spiro atoms. The Labute approximate surface area is 130 Å². The van der Waals surface area contributed by atoms with Crippen LogP contribution < -0.4 is 10.9 Å². The summed E-state index contributed by atoms with van der Waals surface area (Å²) >= 11 is 0. The predicted molar refractivity (Wildman–Crippen MR) is 82.9 cm³/mol. The maximum absolute atomic E-state index is 12.3. The minimum absolute atomic E-state index is 0.167. The molecule has 0 radical (unpaired) electrons. The van der Waals surface area contributed by atoms with Gasteiger partial charge >= 0.3 is 0 Å². The van der Waals surface area contributed by atoms with E-state index in [-0.39, 0.29) is 24.0 Å². The third kappa shape index (κ3) is 3.07. The number of nitrogens with one attached hydrogen (secondary N) is 2. The molecule has 0 aliphatic rings. The molecule has 0 bridgehead atoms. The Balaban J connectivity index is 1.77. The fraction of sp³-hybridized carbons (Fsp3) is 0.286. The molecule has 0 aliphatic heterocycles. The highest BCUT2D eigenvalue weighted by Crippen LogP contribution is 2.09. The van der Waals surface area contributed by atoms with Gasteiger partial charge in [-0.2, -0.15) is 4.98 Å². The Morgan fingerprint density at radius 2 is 2.13 bits per heavy atom. The fourth-order valence-corrected chi connectivity index (χ4v) is 2.02. The Morgan fingerprint density at radius 1 is 1.35 bits per heavy atom. The van der Waals surface area contributed by atoms with Gasteiger partial charge in [0.15, 0.2) is 0 Å². The molecule has 0 saturated heterocycles. The van der Waals surface area contributed by atoms with Gasteiger partial charge in [-0.25, -0.2) is 4.68 Å².